The minimum absolute atomic E-state index is 0.425. The molecule has 0 unspecified atom stereocenters. The van der Waals surface area contributed by atoms with Gasteiger partial charge in [0.2, 0.25) is 10.0 Å². The molecule has 1 rings (SSSR count). The highest BCUT2D eigenvalue weighted by Crippen LogP contribution is 2.05. The molecule has 0 fully saturated rings. The van der Waals surface area contributed by atoms with Crippen molar-refractivity contribution in [1.82, 2.24) is 14.7 Å². The zero-order valence-electron chi connectivity index (χ0n) is 10.3. The highest BCUT2D eigenvalue weighted by atomic mass is 32.2. The van der Waals surface area contributed by atoms with E-state index in [1.807, 2.05) is 19.9 Å². The molecule has 6 nitrogen and oxygen atoms in total. The third-order valence-corrected chi connectivity index (χ3v) is 2.72. The molecular weight excluding hydrogens is 240 g/mol. The Morgan fingerprint density at radius 2 is 1.94 bits per heavy atom. The van der Waals surface area contributed by atoms with E-state index in [1.54, 1.807) is 0 Å². The Morgan fingerprint density at radius 3 is 2.53 bits per heavy atom. The van der Waals surface area contributed by atoms with Crippen LogP contribution in [0.3, 0.4) is 0 Å². The van der Waals surface area contributed by atoms with Crippen molar-refractivity contribution in [2.75, 3.05) is 24.7 Å². The summed E-state index contributed by atoms with van der Waals surface area (Å²) in [6.45, 7) is 4.84. The van der Waals surface area contributed by atoms with Gasteiger partial charge in [-0.15, -0.1) is 0 Å². The Labute approximate surface area is 102 Å². The molecule has 2 N–H and O–H groups in total. The number of aryl methyl sites for hydroxylation is 2. The Morgan fingerprint density at radius 1 is 1.24 bits per heavy atom. The van der Waals surface area contributed by atoms with Crippen LogP contribution in [0.2, 0.25) is 0 Å². The van der Waals surface area contributed by atoms with Gasteiger partial charge in [-0.1, -0.05) is 0 Å². The standard InChI is InChI=1S/C10H18N4O2S/c1-8-7-10(14-9(2)13-8)11-5-4-6-12-17(3,15)16/h7,12H,4-6H2,1-3H3,(H,11,13,14). The number of nitrogens with one attached hydrogen (secondary N) is 2. The zero-order valence-corrected chi connectivity index (χ0v) is 11.1. The van der Waals surface area contributed by atoms with Crippen LogP contribution in [0.15, 0.2) is 6.07 Å². The summed E-state index contributed by atoms with van der Waals surface area (Å²) in [7, 11) is -3.09. The van der Waals surface area contributed by atoms with Crippen LogP contribution in [0.25, 0.3) is 0 Å². The summed E-state index contributed by atoms with van der Waals surface area (Å²) >= 11 is 0. The van der Waals surface area contributed by atoms with Crippen LogP contribution in [0, 0.1) is 13.8 Å². The smallest absolute Gasteiger partial charge is 0.208 e. The number of hydrogen-bond donors (Lipinski definition) is 2. The molecule has 17 heavy (non-hydrogen) atoms. The molecule has 0 aliphatic carbocycles. The third kappa shape index (κ3) is 6.18. The highest BCUT2D eigenvalue weighted by molar-refractivity contribution is 7.88. The number of sulfonamides is 1. The van der Waals surface area contributed by atoms with Gasteiger partial charge in [0.1, 0.15) is 11.6 Å². The van der Waals surface area contributed by atoms with Gasteiger partial charge in [-0.3, -0.25) is 0 Å². The first kappa shape index (κ1) is 13.9. The van der Waals surface area contributed by atoms with E-state index in [-0.39, 0.29) is 0 Å². The summed E-state index contributed by atoms with van der Waals surface area (Å²) < 4.78 is 24.0. The van der Waals surface area contributed by atoms with Crippen LogP contribution in [0.1, 0.15) is 17.9 Å². The average molecular weight is 258 g/mol. The van der Waals surface area contributed by atoms with Crippen molar-refractivity contribution in [1.29, 1.82) is 0 Å². The molecule has 0 saturated carbocycles. The SMILES string of the molecule is Cc1cc(NCCCNS(C)(=O)=O)nc(C)n1. The van der Waals surface area contributed by atoms with E-state index in [9.17, 15) is 8.42 Å². The fraction of sp³-hybridized carbons (Fsp3) is 0.600. The molecule has 0 amide bonds. The summed E-state index contributed by atoms with van der Waals surface area (Å²) in [5.41, 5.74) is 0.911. The van der Waals surface area contributed by atoms with Crippen molar-refractivity contribution in [3.8, 4) is 0 Å². The number of aromatic nitrogens is 2. The summed E-state index contributed by atoms with van der Waals surface area (Å²) in [4.78, 5) is 8.39. The molecule has 0 aliphatic heterocycles. The summed E-state index contributed by atoms with van der Waals surface area (Å²) in [5, 5.41) is 3.13. The fourth-order valence-electron chi connectivity index (χ4n) is 1.37. The van der Waals surface area contributed by atoms with E-state index < -0.39 is 10.0 Å². The lowest BCUT2D eigenvalue weighted by molar-refractivity contribution is 0.586. The molecular formula is C10H18N4O2S. The van der Waals surface area contributed by atoms with E-state index in [1.165, 1.54) is 0 Å². The molecule has 7 heteroatoms. The molecule has 1 aromatic rings. The lowest BCUT2D eigenvalue weighted by Gasteiger charge is -2.07. The van der Waals surface area contributed by atoms with Crippen LogP contribution in [-0.4, -0.2) is 37.7 Å². The normalized spacial score (nSPS) is 11.5. The Balaban J connectivity index is 2.31. The van der Waals surface area contributed by atoms with Crippen LogP contribution in [-0.2, 0) is 10.0 Å². The van der Waals surface area contributed by atoms with Gasteiger partial charge in [-0.05, 0) is 20.3 Å². The monoisotopic (exact) mass is 258 g/mol. The van der Waals surface area contributed by atoms with Crippen molar-refractivity contribution in [2.45, 2.75) is 20.3 Å². The van der Waals surface area contributed by atoms with Crippen LogP contribution < -0.4 is 10.0 Å². The Bertz CT molecular complexity index is 453. The van der Waals surface area contributed by atoms with E-state index in [0.29, 0.717) is 19.5 Å². The van der Waals surface area contributed by atoms with E-state index in [0.717, 1.165) is 23.6 Å². The first-order valence-electron chi connectivity index (χ1n) is 5.37. The maximum absolute atomic E-state index is 10.8. The second-order valence-electron chi connectivity index (χ2n) is 3.89. The molecule has 0 saturated heterocycles. The predicted molar refractivity (Wildman–Crippen MR) is 67.5 cm³/mol. The van der Waals surface area contributed by atoms with Gasteiger partial charge in [0.25, 0.3) is 0 Å². The largest absolute Gasteiger partial charge is 0.370 e. The molecule has 0 spiro atoms. The number of hydrogen-bond acceptors (Lipinski definition) is 5. The molecule has 0 aliphatic rings. The van der Waals surface area contributed by atoms with Crippen molar-refractivity contribution < 1.29 is 8.42 Å². The summed E-state index contributed by atoms with van der Waals surface area (Å²) in [6.07, 6.45) is 1.85. The minimum atomic E-state index is -3.09. The highest BCUT2D eigenvalue weighted by Gasteiger charge is 2.00. The number of nitrogens with zero attached hydrogens (tertiary/aromatic N) is 2. The Kier molecular flexibility index (Phi) is 4.83. The molecule has 0 radical (unpaired) electrons. The Hall–Kier alpha value is -1.21. The van der Waals surface area contributed by atoms with Crippen molar-refractivity contribution >= 4 is 15.8 Å². The van der Waals surface area contributed by atoms with Crippen molar-refractivity contribution in [2.24, 2.45) is 0 Å². The van der Waals surface area contributed by atoms with Gasteiger partial charge in [0, 0.05) is 24.8 Å². The second-order valence-corrected chi connectivity index (χ2v) is 5.72. The molecule has 0 atom stereocenters. The first-order chi connectivity index (χ1) is 7.87. The molecule has 96 valence electrons. The molecule has 0 aromatic carbocycles. The summed E-state index contributed by atoms with van der Waals surface area (Å²) in [6, 6.07) is 1.86. The predicted octanol–water partition coefficient (Wildman–Crippen LogP) is 0.445. The summed E-state index contributed by atoms with van der Waals surface area (Å²) in [5.74, 6) is 1.50. The topological polar surface area (TPSA) is 84.0 Å². The third-order valence-electron chi connectivity index (χ3n) is 1.99. The van der Waals surface area contributed by atoms with Gasteiger partial charge in [-0.25, -0.2) is 23.1 Å². The maximum atomic E-state index is 10.8. The van der Waals surface area contributed by atoms with Gasteiger partial charge in [0.05, 0.1) is 6.26 Å². The van der Waals surface area contributed by atoms with Gasteiger partial charge in [0.15, 0.2) is 0 Å². The van der Waals surface area contributed by atoms with Crippen molar-refractivity contribution in [3.05, 3.63) is 17.6 Å². The average Bonchev–Trinajstić information content (AvgIpc) is 2.13. The fourth-order valence-corrected chi connectivity index (χ4v) is 1.89. The van der Waals surface area contributed by atoms with Crippen LogP contribution in [0.5, 0.6) is 0 Å². The van der Waals surface area contributed by atoms with Gasteiger partial charge in [-0.2, -0.15) is 0 Å². The molecule has 0 bridgehead atoms. The van der Waals surface area contributed by atoms with Gasteiger partial charge >= 0.3 is 0 Å². The first-order valence-corrected chi connectivity index (χ1v) is 7.27. The van der Waals surface area contributed by atoms with Gasteiger partial charge < -0.3 is 5.32 Å². The second kappa shape index (κ2) is 5.92. The lowest BCUT2D eigenvalue weighted by Crippen LogP contribution is -2.24. The maximum Gasteiger partial charge on any atom is 0.208 e. The van der Waals surface area contributed by atoms with E-state index in [2.05, 4.69) is 20.0 Å². The van der Waals surface area contributed by atoms with Crippen LogP contribution >= 0.6 is 0 Å². The lowest BCUT2D eigenvalue weighted by atomic mass is 10.4. The number of rotatable bonds is 6. The molecule has 1 aromatic heterocycles. The van der Waals surface area contributed by atoms with Crippen molar-refractivity contribution in [3.63, 3.8) is 0 Å². The van der Waals surface area contributed by atoms with Crippen LogP contribution in [0.4, 0.5) is 5.82 Å². The molecule has 1 heterocycles. The zero-order chi connectivity index (χ0) is 12.9. The minimum Gasteiger partial charge on any atom is -0.370 e. The number of anilines is 1. The quantitative estimate of drug-likeness (QED) is 0.724. The van der Waals surface area contributed by atoms with E-state index >= 15 is 0 Å². The van der Waals surface area contributed by atoms with E-state index in [4.69, 9.17) is 0 Å².